The first-order chi connectivity index (χ1) is 31.6. The van der Waals surface area contributed by atoms with E-state index in [0.717, 1.165) is 80.0 Å². The van der Waals surface area contributed by atoms with Gasteiger partial charge in [-0.15, -0.1) is 5.10 Å². The predicted molar refractivity (Wildman–Crippen MR) is 262 cm³/mol. The van der Waals surface area contributed by atoms with Crippen molar-refractivity contribution in [1.29, 1.82) is 0 Å². The lowest BCUT2D eigenvalue weighted by molar-refractivity contribution is -0.125. The number of carbonyl (C=O) groups excluding carboxylic acids is 3. The van der Waals surface area contributed by atoms with E-state index in [4.69, 9.17) is 10.5 Å². The van der Waals surface area contributed by atoms with Crippen molar-refractivity contribution >= 4 is 42.0 Å². The molecule has 4 aromatic rings. The number of hydrogen-bond donors (Lipinski definition) is 5. The minimum atomic E-state index is -0.408. The van der Waals surface area contributed by atoms with Crippen molar-refractivity contribution in [3.8, 4) is 5.75 Å². The summed E-state index contributed by atoms with van der Waals surface area (Å²) in [6.45, 7) is 12.0. The number of rotatable bonds is 30. The number of ether oxygens (including phenoxy) is 1. The van der Waals surface area contributed by atoms with Crippen LogP contribution in [0.25, 0.3) is 0 Å². The maximum absolute atomic E-state index is 12.9. The lowest BCUT2D eigenvalue weighted by Crippen LogP contribution is -2.43. The Morgan fingerprint density at radius 3 is 2.49 bits per heavy atom. The number of unbranched alkanes of at least 4 members (excludes halogenated alkanes) is 3. The molecule has 15 nitrogen and oxygen atoms in total. The van der Waals surface area contributed by atoms with E-state index in [1.54, 1.807) is 24.4 Å². The van der Waals surface area contributed by atoms with Gasteiger partial charge in [-0.25, -0.2) is 9.97 Å². The second-order valence-corrected chi connectivity index (χ2v) is 15.9. The molecule has 0 bridgehead atoms. The Balaban J connectivity index is 1.10. The van der Waals surface area contributed by atoms with E-state index < -0.39 is 6.04 Å². The molecule has 0 fully saturated rings. The summed E-state index contributed by atoms with van der Waals surface area (Å²) in [5.74, 6) is 1.30. The van der Waals surface area contributed by atoms with Gasteiger partial charge in [-0.1, -0.05) is 56.3 Å². The normalized spacial score (nSPS) is 11.9. The number of benzene rings is 3. The number of aldehydes is 1. The Morgan fingerprint density at radius 2 is 1.74 bits per heavy atom. The van der Waals surface area contributed by atoms with Crippen molar-refractivity contribution < 1.29 is 19.1 Å². The molecule has 0 aliphatic rings. The van der Waals surface area contributed by atoms with Crippen molar-refractivity contribution in [3.05, 3.63) is 138 Å². The number of aromatic nitrogens is 2. The lowest BCUT2D eigenvalue weighted by atomic mass is 10.0. The molecule has 4 rings (SSSR count). The highest BCUT2D eigenvalue weighted by atomic mass is 16.5. The van der Waals surface area contributed by atoms with Crippen LogP contribution >= 0.6 is 0 Å². The van der Waals surface area contributed by atoms with Crippen LogP contribution in [-0.2, 0) is 29.1 Å². The number of anilines is 2. The van der Waals surface area contributed by atoms with E-state index in [1.807, 2.05) is 67.4 Å². The first-order valence-corrected chi connectivity index (χ1v) is 22.3. The maximum Gasteiger partial charge on any atom is 0.241 e. The van der Waals surface area contributed by atoms with Gasteiger partial charge in [0.05, 0.1) is 31.4 Å². The monoisotopic (exact) mass is 886 g/mol. The minimum absolute atomic E-state index is 0.140. The summed E-state index contributed by atoms with van der Waals surface area (Å²) < 4.78 is 6.11. The molecule has 6 N–H and O–H groups in total. The van der Waals surface area contributed by atoms with Crippen molar-refractivity contribution in [2.45, 2.75) is 90.3 Å². The van der Waals surface area contributed by atoms with E-state index in [0.29, 0.717) is 68.7 Å². The summed E-state index contributed by atoms with van der Waals surface area (Å²) in [5.41, 5.74) is 12.9. The predicted octanol–water partition coefficient (Wildman–Crippen LogP) is 7.44. The first kappa shape index (κ1) is 50.8. The van der Waals surface area contributed by atoms with Crippen molar-refractivity contribution in [2.75, 3.05) is 44.4 Å². The van der Waals surface area contributed by atoms with E-state index in [1.165, 1.54) is 23.7 Å². The average Bonchev–Trinajstić information content (AvgIpc) is 3.30. The topological polar surface area (TPSA) is 192 Å². The number of nitrogens with one attached hydrogen (secondary N) is 4. The summed E-state index contributed by atoms with van der Waals surface area (Å²) in [4.78, 5) is 49.7. The standard InChI is InChI=1S/C50H67N11O4/c1-6-16-47(50(64)55-7-2)60(4)35-45-40(36-62)19-15-23-46(45)58-49(63)24-10-9-20-41(51)32-53-26-11-8-12-28-65-44-22-14-18-39(31-44)29-38-17-13-21-42(30-38)56-33-48(59-52-3)61(5)34-43-25-27-54-37-57-43/h7,13-15,17-19,21-23,25,27,30-32,36-37,47,53,56H,2-3,6,8-12,16,20,24,26,28-29,33-35,51H2,1,4-5H3,(H,55,64)(H,58,63)/b41-32-,59-48-. The van der Waals surface area contributed by atoms with Crippen LogP contribution in [-0.4, -0.2) is 90.3 Å². The van der Waals surface area contributed by atoms with E-state index in [9.17, 15) is 14.4 Å². The molecular weight excluding hydrogens is 819 g/mol. The molecule has 0 saturated heterocycles. The van der Waals surface area contributed by atoms with E-state index in [-0.39, 0.29) is 11.8 Å². The van der Waals surface area contributed by atoms with Crippen LogP contribution < -0.4 is 31.7 Å². The molecule has 1 atom stereocenters. The molecular formula is C50H67N11O4. The van der Waals surface area contributed by atoms with Crippen molar-refractivity contribution in [3.63, 3.8) is 0 Å². The molecule has 1 heterocycles. The van der Waals surface area contributed by atoms with E-state index in [2.05, 4.69) is 79.0 Å². The Hall–Kier alpha value is -6.87. The van der Waals surface area contributed by atoms with Gasteiger partial charge in [0.2, 0.25) is 11.8 Å². The van der Waals surface area contributed by atoms with Crippen LogP contribution in [0.15, 0.2) is 120 Å². The van der Waals surface area contributed by atoms with Gasteiger partial charge in [0, 0.05) is 73.9 Å². The first-order valence-electron chi connectivity index (χ1n) is 22.3. The summed E-state index contributed by atoms with van der Waals surface area (Å²) >= 11 is 0. The second kappa shape index (κ2) is 28.7. The fourth-order valence-electron chi connectivity index (χ4n) is 7.22. The Bertz CT molecular complexity index is 2180. The Labute approximate surface area is 384 Å². The van der Waals surface area contributed by atoms with Crippen LogP contribution in [0.4, 0.5) is 11.4 Å². The Morgan fingerprint density at radius 1 is 0.954 bits per heavy atom. The molecule has 1 unspecified atom stereocenters. The van der Waals surface area contributed by atoms with Crippen molar-refractivity contribution in [1.82, 2.24) is 30.4 Å². The van der Waals surface area contributed by atoms with Crippen LogP contribution in [0.5, 0.6) is 5.75 Å². The van der Waals surface area contributed by atoms with Gasteiger partial charge >= 0.3 is 0 Å². The summed E-state index contributed by atoms with van der Waals surface area (Å²) in [5, 5.41) is 20.4. The van der Waals surface area contributed by atoms with Crippen LogP contribution in [0.3, 0.4) is 0 Å². The molecule has 0 aliphatic carbocycles. The highest BCUT2D eigenvalue weighted by molar-refractivity contribution is 5.93. The van der Waals surface area contributed by atoms with Gasteiger partial charge in [0.1, 0.15) is 24.2 Å². The molecule has 3 aromatic carbocycles. The molecule has 65 heavy (non-hydrogen) atoms. The summed E-state index contributed by atoms with van der Waals surface area (Å²) in [6.07, 6.45) is 14.8. The fraction of sp³-hybridized carbons (Fsp3) is 0.380. The lowest BCUT2D eigenvalue weighted by Gasteiger charge is -2.28. The number of allylic oxidation sites excluding steroid dienone is 1. The summed E-state index contributed by atoms with van der Waals surface area (Å²) in [7, 11) is 3.78. The van der Waals surface area contributed by atoms with Crippen LogP contribution in [0, 0.1) is 0 Å². The quantitative estimate of drug-likeness (QED) is 0.0115. The average molecular weight is 886 g/mol. The number of hydrogen-bond acceptors (Lipinski definition) is 12. The number of carbonyl (C=O) groups is 3. The molecule has 15 heteroatoms. The van der Waals surface area contributed by atoms with Crippen LogP contribution in [0.2, 0.25) is 0 Å². The number of nitrogens with two attached hydrogens (primary N) is 1. The van der Waals surface area contributed by atoms with Gasteiger partial charge in [-0.05, 0) is 112 Å². The smallest absolute Gasteiger partial charge is 0.241 e. The van der Waals surface area contributed by atoms with Gasteiger partial charge in [0.15, 0.2) is 0 Å². The SMILES string of the molecule is C=CNC(=O)C(CCC)N(C)Cc1c(C=O)cccc1NC(=O)CCCC/C(N)=C/NCCCCCOc1cccc(Cc2cccc(NC/C(=N/N=C)N(C)Cc3ccncn3)c2)c1. The van der Waals surface area contributed by atoms with Gasteiger partial charge in [-0.2, -0.15) is 5.10 Å². The number of likely N-dealkylation sites (N-methyl/N-ethyl adjacent to an activating group) is 2. The zero-order chi connectivity index (χ0) is 46.7. The third kappa shape index (κ3) is 18.4. The number of amides is 2. The zero-order valence-electron chi connectivity index (χ0n) is 38.3. The highest BCUT2D eigenvalue weighted by Gasteiger charge is 2.24. The van der Waals surface area contributed by atoms with Crippen molar-refractivity contribution in [2.24, 2.45) is 15.9 Å². The molecule has 0 radical (unpaired) electrons. The third-order valence-electron chi connectivity index (χ3n) is 10.7. The minimum Gasteiger partial charge on any atom is -0.494 e. The number of nitrogens with zero attached hydrogens (tertiary/aromatic N) is 6. The maximum atomic E-state index is 12.9. The van der Waals surface area contributed by atoms with E-state index >= 15 is 0 Å². The molecule has 2 amide bonds. The molecule has 0 saturated carbocycles. The molecule has 0 aliphatic heterocycles. The molecule has 1 aromatic heterocycles. The van der Waals surface area contributed by atoms with Gasteiger partial charge < -0.3 is 36.6 Å². The molecule has 0 spiro atoms. The zero-order valence-corrected chi connectivity index (χ0v) is 38.3. The van der Waals surface area contributed by atoms with Gasteiger partial charge in [0.25, 0.3) is 0 Å². The third-order valence-corrected chi connectivity index (χ3v) is 10.7. The Kier molecular flexibility index (Phi) is 22.5. The van der Waals surface area contributed by atoms with Gasteiger partial charge in [-0.3, -0.25) is 19.3 Å². The number of amidine groups is 1. The summed E-state index contributed by atoms with van der Waals surface area (Å²) in [6, 6.07) is 23.3. The van der Waals surface area contributed by atoms with Crippen LogP contribution in [0.1, 0.15) is 97.5 Å². The fourth-order valence-corrected chi connectivity index (χ4v) is 7.22. The largest absolute Gasteiger partial charge is 0.494 e. The second-order valence-electron chi connectivity index (χ2n) is 15.9. The molecule has 346 valence electrons. The highest BCUT2D eigenvalue weighted by Crippen LogP contribution is 2.24.